The third kappa shape index (κ3) is 8.30. The zero-order valence-corrected chi connectivity index (χ0v) is 43.7. The molecule has 0 atom stereocenters. The largest absolute Gasteiger partial charge is 0.310 e. The summed E-state index contributed by atoms with van der Waals surface area (Å²) in [4.78, 5) is 5.11. The Morgan fingerprint density at radius 2 is 0.507 bits per heavy atom. The molecular formula is C67H72N2. The monoisotopic (exact) mass is 905 g/mol. The van der Waals surface area contributed by atoms with Crippen LogP contribution < -0.4 is 9.80 Å². The van der Waals surface area contributed by atoms with Crippen molar-refractivity contribution in [2.45, 2.75) is 124 Å². The van der Waals surface area contributed by atoms with Crippen molar-refractivity contribution in [3.05, 3.63) is 226 Å². The normalized spacial score (nSPS) is 14.0. The van der Waals surface area contributed by atoms with Gasteiger partial charge in [0.25, 0.3) is 0 Å². The summed E-state index contributed by atoms with van der Waals surface area (Å²) in [6.07, 6.45) is 0. The van der Waals surface area contributed by atoms with Crippen LogP contribution in [-0.4, -0.2) is 0 Å². The van der Waals surface area contributed by atoms with E-state index in [9.17, 15) is 0 Å². The molecule has 350 valence electrons. The van der Waals surface area contributed by atoms with Crippen molar-refractivity contribution in [3.8, 4) is 22.3 Å². The first-order chi connectivity index (χ1) is 32.7. The Bertz CT molecular complexity index is 2780. The van der Waals surface area contributed by atoms with E-state index in [1.807, 2.05) is 13.8 Å². The molecular weight excluding hydrogens is 833 g/mol. The second-order valence-electron chi connectivity index (χ2n) is 23.2. The van der Waals surface area contributed by atoms with Crippen LogP contribution in [0, 0.1) is 0 Å². The average molecular weight is 905 g/mol. The highest BCUT2D eigenvalue weighted by Crippen LogP contribution is 2.65. The molecule has 0 aliphatic carbocycles. The molecule has 0 N–H and O–H groups in total. The Hall–Kier alpha value is -6.64. The van der Waals surface area contributed by atoms with Crippen molar-refractivity contribution in [1.82, 2.24) is 0 Å². The van der Waals surface area contributed by atoms with Crippen molar-refractivity contribution in [1.29, 1.82) is 0 Å². The molecule has 0 saturated carbocycles. The lowest BCUT2D eigenvalue weighted by Crippen LogP contribution is -2.43. The maximum atomic E-state index is 2.58. The van der Waals surface area contributed by atoms with Gasteiger partial charge in [0.2, 0.25) is 0 Å². The van der Waals surface area contributed by atoms with E-state index in [2.05, 4.69) is 275 Å². The third-order valence-corrected chi connectivity index (χ3v) is 14.5. The zero-order chi connectivity index (χ0) is 49.3. The molecule has 0 unspecified atom stereocenters. The lowest BCUT2D eigenvalue weighted by atomic mass is 9.58. The van der Waals surface area contributed by atoms with Crippen LogP contribution in [-0.2, 0) is 27.1 Å². The first-order valence-electron chi connectivity index (χ1n) is 25.3. The maximum absolute atomic E-state index is 2.58. The second-order valence-corrected chi connectivity index (χ2v) is 23.2. The van der Waals surface area contributed by atoms with Crippen molar-refractivity contribution in [2.75, 3.05) is 9.80 Å². The van der Waals surface area contributed by atoms with Gasteiger partial charge in [0, 0.05) is 11.4 Å². The van der Waals surface area contributed by atoms with Gasteiger partial charge in [-0.15, -0.1) is 0 Å². The number of nitrogens with zero attached hydrogens (tertiary/aromatic N) is 2. The highest BCUT2D eigenvalue weighted by atomic mass is 15.2. The fourth-order valence-corrected chi connectivity index (χ4v) is 10.5. The summed E-state index contributed by atoms with van der Waals surface area (Å²) in [7, 11) is 0. The molecule has 0 aromatic heterocycles. The summed E-state index contributed by atoms with van der Waals surface area (Å²) in [6.45, 7) is 32.3. The molecule has 0 radical (unpaired) electrons. The molecule has 0 saturated heterocycles. The van der Waals surface area contributed by atoms with Gasteiger partial charge in [-0.3, -0.25) is 0 Å². The van der Waals surface area contributed by atoms with Crippen molar-refractivity contribution in [2.24, 2.45) is 0 Å². The van der Waals surface area contributed by atoms with Crippen LogP contribution in [0.3, 0.4) is 0 Å². The maximum Gasteiger partial charge on any atom is 0.0783 e. The summed E-state index contributed by atoms with van der Waals surface area (Å²) in [5.74, 6) is 0. The van der Waals surface area contributed by atoms with Gasteiger partial charge >= 0.3 is 0 Å². The number of rotatable bonds is 4. The lowest BCUT2D eigenvalue weighted by molar-refractivity contribution is 0.577. The lowest BCUT2D eigenvalue weighted by Gasteiger charge is -2.52. The first kappa shape index (κ1) is 47.4. The molecule has 69 heavy (non-hydrogen) atoms. The topological polar surface area (TPSA) is 6.48 Å². The van der Waals surface area contributed by atoms with Gasteiger partial charge in [-0.2, -0.15) is 0 Å². The van der Waals surface area contributed by atoms with Crippen LogP contribution in [0.1, 0.15) is 141 Å². The standard InChI is InChI=1S/C65H66N2.C2H6/c1-61(2,3)47-27-35-57-53(39-47)65(54-40-48(62(4,5)6)28-36-58(54)66(57)51-31-23-45(24-32-51)43-19-15-13-16-20-43)55-41-49(63(7,8)9)29-37-59(55)67(60-38-30-50(42-56(60)65)64(10,11)12)52-33-25-46(26-34-52)44-21-17-14-18-22-44;1-2/h13-42H,1-12H3;1-2H3. The van der Waals surface area contributed by atoms with Crippen LogP contribution >= 0.6 is 0 Å². The van der Waals surface area contributed by atoms with Gasteiger partial charge in [-0.05, 0) is 137 Å². The van der Waals surface area contributed by atoms with E-state index in [1.165, 1.54) is 89.5 Å². The molecule has 8 aromatic rings. The van der Waals surface area contributed by atoms with E-state index < -0.39 is 5.41 Å². The SMILES string of the molecule is CC.CC(C)(C)c1ccc2c(c1)C1(c3cc(C(C)(C)C)ccc3N2c2ccc(-c3ccccc3)cc2)c2cc(C(C)(C)C)ccc2N(c2ccc(-c3ccccc3)cc2)c2ccc(C(C)(C)C)cc21. The Kier molecular flexibility index (Phi) is 12.0. The number of anilines is 6. The molecule has 10 rings (SSSR count). The molecule has 8 aromatic carbocycles. The van der Waals surface area contributed by atoms with Crippen LogP contribution in [0.2, 0.25) is 0 Å². The predicted molar refractivity (Wildman–Crippen MR) is 298 cm³/mol. The summed E-state index contributed by atoms with van der Waals surface area (Å²) < 4.78 is 0. The van der Waals surface area contributed by atoms with Gasteiger partial charge in [0.05, 0.1) is 28.2 Å². The Morgan fingerprint density at radius 1 is 0.275 bits per heavy atom. The van der Waals surface area contributed by atoms with Gasteiger partial charge in [-0.25, -0.2) is 0 Å². The van der Waals surface area contributed by atoms with E-state index in [0.29, 0.717) is 0 Å². The van der Waals surface area contributed by atoms with Crippen LogP contribution in [0.15, 0.2) is 182 Å². The first-order valence-corrected chi connectivity index (χ1v) is 25.3. The van der Waals surface area contributed by atoms with Crippen molar-refractivity contribution < 1.29 is 0 Å². The van der Waals surface area contributed by atoms with Gasteiger partial charge < -0.3 is 9.80 Å². The van der Waals surface area contributed by atoms with Crippen molar-refractivity contribution in [3.63, 3.8) is 0 Å². The van der Waals surface area contributed by atoms with E-state index in [-0.39, 0.29) is 21.7 Å². The molecule has 0 amide bonds. The van der Waals surface area contributed by atoms with E-state index >= 15 is 0 Å². The molecule has 0 fully saturated rings. The minimum absolute atomic E-state index is 0.0979. The fraction of sp³-hybridized carbons (Fsp3) is 0.284. The van der Waals surface area contributed by atoms with Gasteiger partial charge in [0.15, 0.2) is 0 Å². The molecule has 2 nitrogen and oxygen atoms in total. The Balaban J connectivity index is 0.00000293. The van der Waals surface area contributed by atoms with E-state index in [4.69, 9.17) is 0 Å². The van der Waals surface area contributed by atoms with Crippen molar-refractivity contribution >= 4 is 34.1 Å². The Labute approximate surface area is 414 Å². The summed E-state index contributed by atoms with van der Waals surface area (Å²) >= 11 is 0. The smallest absolute Gasteiger partial charge is 0.0783 e. The summed E-state index contributed by atoms with van der Waals surface area (Å²) in [5, 5.41) is 0. The van der Waals surface area contributed by atoms with Gasteiger partial charge in [-0.1, -0.05) is 230 Å². The van der Waals surface area contributed by atoms with E-state index in [1.54, 1.807) is 0 Å². The summed E-state index contributed by atoms with van der Waals surface area (Å²) in [5.41, 5.74) is 21.4. The minimum Gasteiger partial charge on any atom is -0.310 e. The quantitative estimate of drug-likeness (QED) is 0.174. The molecule has 0 bridgehead atoms. The average Bonchev–Trinajstić information content (AvgIpc) is 3.33. The number of hydrogen-bond donors (Lipinski definition) is 0. The number of fused-ring (bicyclic) bond motifs is 8. The fourth-order valence-electron chi connectivity index (χ4n) is 10.5. The van der Waals surface area contributed by atoms with Crippen LogP contribution in [0.4, 0.5) is 34.1 Å². The predicted octanol–water partition coefficient (Wildman–Crippen LogP) is 19.2. The molecule has 1 spiro atoms. The van der Waals surface area contributed by atoms with E-state index in [0.717, 1.165) is 11.4 Å². The molecule has 2 heteroatoms. The van der Waals surface area contributed by atoms with Crippen LogP contribution in [0.25, 0.3) is 22.3 Å². The highest BCUT2D eigenvalue weighted by molar-refractivity contribution is 5.97. The molecule has 2 aliphatic rings. The zero-order valence-electron chi connectivity index (χ0n) is 43.7. The minimum atomic E-state index is -0.707. The molecule has 2 aliphatic heterocycles. The number of benzene rings is 8. The summed E-state index contributed by atoms with van der Waals surface area (Å²) in [6, 6.07) is 69.5. The highest BCUT2D eigenvalue weighted by Gasteiger charge is 2.53. The molecule has 2 heterocycles. The van der Waals surface area contributed by atoms with Crippen LogP contribution in [0.5, 0.6) is 0 Å². The number of hydrogen-bond acceptors (Lipinski definition) is 2. The third-order valence-electron chi connectivity index (χ3n) is 14.5. The van der Waals surface area contributed by atoms with Gasteiger partial charge in [0.1, 0.15) is 0 Å². The Morgan fingerprint density at radius 3 is 0.739 bits per heavy atom. The second kappa shape index (κ2) is 17.4.